The summed E-state index contributed by atoms with van der Waals surface area (Å²) in [6.45, 7) is 2.75. The molecule has 6 N–H and O–H groups in total. The number of nitrogens with one attached hydrogen (secondary N) is 4. The molecule has 1 aromatic rings. The van der Waals surface area contributed by atoms with E-state index >= 15 is 0 Å². The molecule has 3 rings (SSSR count). The number of aromatic amines is 1. The smallest absolute Gasteiger partial charge is 0.264 e. The number of rotatable bonds is 3. The minimum atomic E-state index is -0.266. The predicted octanol–water partition coefficient (Wildman–Crippen LogP) is -1.73. The number of hydrogen-bond acceptors (Lipinski definition) is 6. The van der Waals surface area contributed by atoms with Gasteiger partial charge in [0.1, 0.15) is 17.5 Å². The highest BCUT2D eigenvalue weighted by Gasteiger charge is 2.21. The molecule has 0 radical (unpaired) electrons. The van der Waals surface area contributed by atoms with E-state index in [1.165, 1.54) is 11.8 Å². The summed E-state index contributed by atoms with van der Waals surface area (Å²) >= 11 is 1.54. The Morgan fingerprint density at radius 3 is 3.19 bits per heavy atom. The van der Waals surface area contributed by atoms with Gasteiger partial charge in [0.2, 0.25) is 0 Å². The van der Waals surface area contributed by atoms with Crippen molar-refractivity contribution in [1.29, 1.82) is 0 Å². The number of nitrogens with zero attached hydrogens (tertiary/aromatic N) is 1. The van der Waals surface area contributed by atoms with Gasteiger partial charge in [-0.2, -0.15) is 0 Å². The van der Waals surface area contributed by atoms with Crippen molar-refractivity contribution < 1.29 is 4.79 Å². The Kier molecular flexibility index (Phi) is 3.89. The maximum Gasteiger partial charge on any atom is 0.264 e. The Labute approximate surface area is 126 Å². The van der Waals surface area contributed by atoms with Gasteiger partial charge in [0.05, 0.1) is 10.1 Å². The molecule has 1 aromatic heterocycles. The van der Waals surface area contributed by atoms with Crippen LogP contribution in [0.25, 0.3) is 5.82 Å². The first-order valence-electron chi connectivity index (χ1n) is 6.80. The van der Waals surface area contributed by atoms with E-state index in [0.717, 1.165) is 23.0 Å². The first-order valence-corrected chi connectivity index (χ1v) is 7.79. The molecule has 2 aliphatic rings. The minimum Gasteiger partial charge on any atom is -0.389 e. The number of hydrogen-bond donors (Lipinski definition) is 5. The number of thioether (sulfide) groups is 1. The third kappa shape index (κ3) is 2.91. The van der Waals surface area contributed by atoms with Gasteiger partial charge >= 0.3 is 0 Å². The van der Waals surface area contributed by atoms with E-state index in [0.29, 0.717) is 10.7 Å². The third-order valence-corrected chi connectivity index (χ3v) is 4.27. The summed E-state index contributed by atoms with van der Waals surface area (Å²) in [5.74, 6) is 1.39. The summed E-state index contributed by atoms with van der Waals surface area (Å²) in [5, 5.41) is 10.0. The first kappa shape index (κ1) is 14.0. The van der Waals surface area contributed by atoms with Crippen LogP contribution in [0.3, 0.4) is 0 Å². The number of carbonyl (C=O) groups is 1. The number of fused-ring (bicyclic) bond motifs is 1. The molecule has 0 aliphatic carbocycles. The van der Waals surface area contributed by atoms with E-state index in [1.807, 2.05) is 13.0 Å². The highest BCUT2D eigenvalue weighted by molar-refractivity contribution is 8.04. The van der Waals surface area contributed by atoms with E-state index in [-0.39, 0.29) is 18.1 Å². The van der Waals surface area contributed by atoms with Crippen LogP contribution in [0.4, 0.5) is 0 Å². The second-order valence-electron chi connectivity index (χ2n) is 4.96. The number of nitrogens with two attached hydrogens (primary N) is 1. The van der Waals surface area contributed by atoms with Gasteiger partial charge < -0.3 is 26.7 Å². The highest BCUT2D eigenvalue weighted by atomic mass is 32.2. The molecule has 3 heterocycles. The van der Waals surface area contributed by atoms with E-state index in [2.05, 4.69) is 25.9 Å². The molecule has 2 aliphatic heterocycles. The standard InChI is InChI=1S/C13H18N6OS/c1-7(14)10-17-11-8(2-3-16-11)12(18-10)19-13(20)9-6-15-4-5-21-9/h2-3,6-7,10,15,18H,4-5,14H2,1H3,(H,16,17)(H,19,20)/t7-,10+/m1/s1. The zero-order valence-corrected chi connectivity index (χ0v) is 12.5. The summed E-state index contributed by atoms with van der Waals surface area (Å²) in [6, 6.07) is 1.71. The van der Waals surface area contributed by atoms with Crippen LogP contribution < -0.4 is 32.4 Å². The third-order valence-electron chi connectivity index (χ3n) is 3.25. The SMILES string of the molecule is C[C@@H](N)[C@H]1N=c2[nH]ccc2=C(NC(=O)C2=CNCCS2)N1. The lowest BCUT2D eigenvalue weighted by Gasteiger charge is -2.24. The molecule has 0 bridgehead atoms. The van der Waals surface area contributed by atoms with Crippen molar-refractivity contribution in [2.24, 2.45) is 10.7 Å². The van der Waals surface area contributed by atoms with Gasteiger partial charge in [-0.25, -0.2) is 4.99 Å². The van der Waals surface area contributed by atoms with Crippen molar-refractivity contribution in [3.63, 3.8) is 0 Å². The van der Waals surface area contributed by atoms with Crippen molar-refractivity contribution in [3.8, 4) is 0 Å². The zero-order chi connectivity index (χ0) is 14.8. The molecule has 0 saturated heterocycles. The van der Waals surface area contributed by atoms with Gasteiger partial charge in [-0.3, -0.25) is 4.79 Å². The lowest BCUT2D eigenvalue weighted by Crippen LogP contribution is -2.53. The lowest BCUT2D eigenvalue weighted by molar-refractivity contribution is -0.115. The van der Waals surface area contributed by atoms with Crippen LogP contribution in [-0.4, -0.2) is 35.4 Å². The Morgan fingerprint density at radius 1 is 1.62 bits per heavy atom. The van der Waals surface area contributed by atoms with Crippen molar-refractivity contribution >= 4 is 23.5 Å². The summed E-state index contributed by atoms with van der Waals surface area (Å²) in [7, 11) is 0. The molecule has 7 nitrogen and oxygen atoms in total. The van der Waals surface area contributed by atoms with Crippen molar-refractivity contribution in [2.45, 2.75) is 19.1 Å². The van der Waals surface area contributed by atoms with Crippen LogP contribution in [0.2, 0.25) is 0 Å². The number of aromatic nitrogens is 1. The fraction of sp³-hybridized carbons (Fsp3) is 0.385. The first-order chi connectivity index (χ1) is 10.1. The molecular formula is C13H18N6OS. The van der Waals surface area contributed by atoms with Crippen LogP contribution in [0.15, 0.2) is 28.4 Å². The quantitative estimate of drug-likeness (QED) is 0.456. The lowest BCUT2D eigenvalue weighted by atomic mass is 10.2. The number of amides is 1. The van der Waals surface area contributed by atoms with Crippen molar-refractivity contribution in [3.05, 3.63) is 34.1 Å². The van der Waals surface area contributed by atoms with E-state index in [9.17, 15) is 4.79 Å². The van der Waals surface area contributed by atoms with E-state index in [4.69, 9.17) is 5.73 Å². The molecule has 1 amide bonds. The van der Waals surface area contributed by atoms with E-state index < -0.39 is 0 Å². The van der Waals surface area contributed by atoms with Gasteiger partial charge in [0.25, 0.3) is 5.91 Å². The summed E-state index contributed by atoms with van der Waals surface area (Å²) in [6.07, 6.45) is 3.28. The molecule has 0 spiro atoms. The predicted molar refractivity (Wildman–Crippen MR) is 82.2 cm³/mol. The summed E-state index contributed by atoms with van der Waals surface area (Å²) < 4.78 is 0. The average molecular weight is 306 g/mol. The second kappa shape index (κ2) is 5.82. The summed E-state index contributed by atoms with van der Waals surface area (Å²) in [5.41, 5.74) is 6.64. The topological polar surface area (TPSA) is 107 Å². The maximum absolute atomic E-state index is 12.3. The molecule has 0 saturated carbocycles. The highest BCUT2D eigenvalue weighted by Crippen LogP contribution is 2.17. The maximum atomic E-state index is 12.3. The van der Waals surface area contributed by atoms with Gasteiger partial charge in [-0.15, -0.1) is 11.8 Å². The molecule has 112 valence electrons. The fourth-order valence-corrected chi connectivity index (χ4v) is 2.94. The largest absolute Gasteiger partial charge is 0.389 e. The van der Waals surface area contributed by atoms with Crippen LogP contribution in [0, 0.1) is 0 Å². The molecule has 0 fully saturated rings. The Balaban J connectivity index is 1.88. The monoisotopic (exact) mass is 306 g/mol. The van der Waals surface area contributed by atoms with Crippen LogP contribution in [0.1, 0.15) is 6.92 Å². The molecular weight excluding hydrogens is 288 g/mol. The minimum absolute atomic E-state index is 0.132. The van der Waals surface area contributed by atoms with Gasteiger partial charge in [0.15, 0.2) is 0 Å². The second-order valence-corrected chi connectivity index (χ2v) is 6.09. The number of H-pyrrole nitrogens is 1. The molecule has 0 aromatic carbocycles. The van der Waals surface area contributed by atoms with Gasteiger partial charge in [-0.05, 0) is 13.0 Å². The van der Waals surface area contributed by atoms with Crippen molar-refractivity contribution in [1.82, 2.24) is 20.9 Å². The van der Waals surface area contributed by atoms with Crippen LogP contribution in [0.5, 0.6) is 0 Å². The molecule has 0 unspecified atom stereocenters. The van der Waals surface area contributed by atoms with Crippen molar-refractivity contribution in [2.75, 3.05) is 12.3 Å². The van der Waals surface area contributed by atoms with Crippen LogP contribution >= 0.6 is 11.8 Å². The molecule has 2 atom stereocenters. The number of carbonyl (C=O) groups excluding carboxylic acids is 1. The Morgan fingerprint density at radius 2 is 2.48 bits per heavy atom. The van der Waals surface area contributed by atoms with E-state index in [1.54, 1.807) is 12.4 Å². The summed E-state index contributed by atoms with van der Waals surface area (Å²) in [4.78, 5) is 20.5. The molecule has 21 heavy (non-hydrogen) atoms. The zero-order valence-electron chi connectivity index (χ0n) is 11.6. The molecule has 8 heteroatoms. The fourth-order valence-electron chi connectivity index (χ4n) is 2.15. The average Bonchev–Trinajstić information content (AvgIpc) is 2.96. The van der Waals surface area contributed by atoms with Crippen LogP contribution in [-0.2, 0) is 4.79 Å². The van der Waals surface area contributed by atoms with Gasteiger partial charge in [-0.1, -0.05) is 0 Å². The van der Waals surface area contributed by atoms with Gasteiger partial charge in [0, 0.05) is 30.7 Å². The normalized spacial score (nSPS) is 22.1. The Bertz CT molecular complexity index is 692. The Hall–Kier alpha value is -1.93.